The van der Waals surface area contributed by atoms with Crippen molar-refractivity contribution in [2.75, 3.05) is 36.2 Å². The Hall–Kier alpha value is -1.98. The van der Waals surface area contributed by atoms with Gasteiger partial charge in [0.2, 0.25) is 31.9 Å². The Morgan fingerprint density at radius 3 is 2.00 bits per heavy atom. The zero-order valence-corrected chi connectivity index (χ0v) is 17.6. The first-order valence-electron chi connectivity index (χ1n) is 8.88. The van der Waals surface area contributed by atoms with Crippen molar-refractivity contribution in [2.24, 2.45) is 0 Å². The van der Waals surface area contributed by atoms with Gasteiger partial charge in [-0.3, -0.25) is 9.59 Å². The van der Waals surface area contributed by atoms with Crippen LogP contribution in [0.15, 0.2) is 17.0 Å². The maximum atomic E-state index is 13.2. The van der Waals surface area contributed by atoms with Gasteiger partial charge in [-0.2, -0.15) is 4.31 Å². The number of carbonyl (C=O) groups is 2. The number of piperazine rings is 1. The summed E-state index contributed by atoms with van der Waals surface area (Å²) in [4.78, 5) is 25.2. The molecule has 0 spiro atoms. The summed E-state index contributed by atoms with van der Waals surface area (Å²) in [7, 11) is -7.53. The van der Waals surface area contributed by atoms with E-state index in [1.807, 2.05) is 0 Å². The minimum Gasteiger partial charge on any atom is -0.340 e. The Labute approximate surface area is 165 Å². The average molecular weight is 430 g/mol. The molecule has 3 rings (SSSR count). The van der Waals surface area contributed by atoms with Crippen LogP contribution in [-0.2, 0) is 29.6 Å². The van der Waals surface area contributed by atoms with E-state index in [2.05, 4.69) is 0 Å². The quantitative estimate of drug-likeness (QED) is 0.680. The Morgan fingerprint density at radius 1 is 1.04 bits per heavy atom. The van der Waals surface area contributed by atoms with Crippen molar-refractivity contribution < 1.29 is 26.4 Å². The Bertz CT molecular complexity index is 1020. The second-order valence-electron chi connectivity index (χ2n) is 7.04. The van der Waals surface area contributed by atoms with E-state index >= 15 is 0 Å². The maximum absolute atomic E-state index is 13.2. The molecule has 0 radical (unpaired) electrons. The number of benzene rings is 1. The number of hydrogen-bond donors (Lipinski definition) is 0. The SMILES string of the molecule is CC(=O)N1CCN(S(=O)(=O)c2c(C)cc(N3C(=O)CCS3(=O)=O)cc2C)CC1. The number of hydrogen-bond acceptors (Lipinski definition) is 6. The third-order valence-electron chi connectivity index (χ3n) is 5.04. The van der Waals surface area contributed by atoms with E-state index in [4.69, 9.17) is 0 Å². The molecular weight excluding hydrogens is 406 g/mol. The first-order valence-corrected chi connectivity index (χ1v) is 11.9. The van der Waals surface area contributed by atoms with Gasteiger partial charge in [0, 0.05) is 39.5 Å². The van der Waals surface area contributed by atoms with E-state index in [1.165, 1.54) is 23.4 Å². The number of aryl methyl sites for hydroxylation is 2. The number of rotatable bonds is 3. The highest BCUT2D eigenvalue weighted by Gasteiger charge is 2.38. The topological polar surface area (TPSA) is 112 Å². The molecule has 2 amide bonds. The summed E-state index contributed by atoms with van der Waals surface area (Å²) >= 11 is 0. The van der Waals surface area contributed by atoms with Crippen molar-refractivity contribution in [3.8, 4) is 0 Å². The van der Waals surface area contributed by atoms with Gasteiger partial charge in [0.15, 0.2) is 0 Å². The number of nitrogens with zero attached hydrogens (tertiary/aromatic N) is 3. The molecule has 0 aromatic heterocycles. The molecule has 0 bridgehead atoms. The molecule has 9 nitrogen and oxygen atoms in total. The molecule has 1 aromatic rings. The van der Waals surface area contributed by atoms with Crippen molar-refractivity contribution in [3.05, 3.63) is 23.3 Å². The molecule has 0 N–H and O–H groups in total. The first kappa shape index (κ1) is 20.7. The molecule has 28 heavy (non-hydrogen) atoms. The number of amides is 2. The predicted octanol–water partition coefficient (Wildman–Crippen LogP) is 0.223. The molecule has 2 fully saturated rings. The molecule has 2 heterocycles. The summed E-state index contributed by atoms with van der Waals surface area (Å²) in [5.74, 6) is -0.857. The average Bonchev–Trinajstić information content (AvgIpc) is 2.86. The van der Waals surface area contributed by atoms with Crippen LogP contribution in [0.5, 0.6) is 0 Å². The normalized spacial score (nSPS) is 20.6. The fourth-order valence-corrected chi connectivity index (χ4v) is 6.97. The molecule has 0 atom stereocenters. The van der Waals surface area contributed by atoms with Crippen LogP contribution >= 0.6 is 0 Å². The lowest BCUT2D eigenvalue weighted by atomic mass is 10.1. The zero-order chi connectivity index (χ0) is 20.9. The summed E-state index contributed by atoms with van der Waals surface area (Å²) in [6.45, 7) is 5.66. The Morgan fingerprint density at radius 2 is 1.57 bits per heavy atom. The minimum absolute atomic E-state index is 0.0824. The number of anilines is 1. The van der Waals surface area contributed by atoms with Crippen molar-refractivity contribution in [1.82, 2.24) is 9.21 Å². The van der Waals surface area contributed by atoms with Gasteiger partial charge in [-0.1, -0.05) is 0 Å². The molecule has 2 saturated heterocycles. The molecule has 0 saturated carbocycles. The van der Waals surface area contributed by atoms with Crippen LogP contribution in [0, 0.1) is 13.8 Å². The van der Waals surface area contributed by atoms with E-state index in [-0.39, 0.29) is 41.8 Å². The van der Waals surface area contributed by atoms with Crippen molar-refractivity contribution in [2.45, 2.75) is 32.1 Å². The van der Waals surface area contributed by atoms with Gasteiger partial charge in [-0.05, 0) is 37.1 Å². The maximum Gasteiger partial charge on any atom is 0.243 e. The molecule has 2 aliphatic rings. The van der Waals surface area contributed by atoms with Crippen LogP contribution < -0.4 is 4.31 Å². The minimum atomic E-state index is -3.81. The molecule has 0 unspecified atom stereocenters. The molecule has 154 valence electrons. The predicted molar refractivity (Wildman–Crippen MR) is 103 cm³/mol. The van der Waals surface area contributed by atoms with Crippen molar-refractivity contribution in [3.63, 3.8) is 0 Å². The molecule has 1 aromatic carbocycles. The lowest BCUT2D eigenvalue weighted by molar-refractivity contribution is -0.130. The van der Waals surface area contributed by atoms with Crippen LogP contribution in [0.25, 0.3) is 0 Å². The van der Waals surface area contributed by atoms with Gasteiger partial charge in [-0.15, -0.1) is 0 Å². The standard InChI is InChI=1S/C17H23N3O6S2/c1-12-10-15(20-16(22)4-9-27(20,23)24)11-13(2)17(12)28(25,26)19-7-5-18(6-8-19)14(3)21/h10-11H,4-9H2,1-3H3. The zero-order valence-electron chi connectivity index (χ0n) is 16.0. The van der Waals surface area contributed by atoms with Crippen LogP contribution in [0.3, 0.4) is 0 Å². The van der Waals surface area contributed by atoms with Gasteiger partial charge in [-0.25, -0.2) is 21.1 Å². The monoisotopic (exact) mass is 429 g/mol. The van der Waals surface area contributed by atoms with Crippen LogP contribution in [0.2, 0.25) is 0 Å². The van der Waals surface area contributed by atoms with E-state index in [0.717, 1.165) is 4.31 Å². The lowest BCUT2D eigenvalue weighted by Gasteiger charge is -2.34. The molecule has 2 aliphatic heterocycles. The van der Waals surface area contributed by atoms with E-state index < -0.39 is 26.0 Å². The van der Waals surface area contributed by atoms with E-state index in [0.29, 0.717) is 24.2 Å². The summed E-state index contributed by atoms with van der Waals surface area (Å²) in [6, 6.07) is 2.85. The second kappa shape index (κ2) is 7.12. The summed E-state index contributed by atoms with van der Waals surface area (Å²) in [5, 5.41) is 0. The highest BCUT2D eigenvalue weighted by Crippen LogP contribution is 2.32. The third-order valence-corrected chi connectivity index (χ3v) is 8.94. The second-order valence-corrected chi connectivity index (χ2v) is 10.9. The largest absolute Gasteiger partial charge is 0.340 e. The molecular formula is C17H23N3O6S2. The Kier molecular flexibility index (Phi) is 5.28. The molecule has 0 aliphatic carbocycles. The fraction of sp³-hybridized carbons (Fsp3) is 0.529. The van der Waals surface area contributed by atoms with Gasteiger partial charge >= 0.3 is 0 Å². The number of carbonyl (C=O) groups excluding carboxylic acids is 2. The fourth-order valence-electron chi connectivity index (χ4n) is 3.69. The summed E-state index contributed by atoms with van der Waals surface area (Å²) < 4.78 is 52.7. The van der Waals surface area contributed by atoms with Gasteiger partial charge < -0.3 is 4.90 Å². The smallest absolute Gasteiger partial charge is 0.243 e. The van der Waals surface area contributed by atoms with E-state index in [9.17, 15) is 26.4 Å². The van der Waals surface area contributed by atoms with Crippen LogP contribution in [0.1, 0.15) is 24.5 Å². The third kappa shape index (κ3) is 3.53. The lowest BCUT2D eigenvalue weighted by Crippen LogP contribution is -2.50. The van der Waals surface area contributed by atoms with Crippen LogP contribution in [0.4, 0.5) is 5.69 Å². The van der Waals surface area contributed by atoms with Crippen LogP contribution in [-0.4, -0.2) is 69.8 Å². The van der Waals surface area contributed by atoms with Gasteiger partial charge in [0.1, 0.15) is 0 Å². The van der Waals surface area contributed by atoms with Gasteiger partial charge in [0.05, 0.1) is 16.3 Å². The number of sulfonamides is 2. The highest BCUT2D eigenvalue weighted by molar-refractivity contribution is 7.94. The van der Waals surface area contributed by atoms with Crippen molar-refractivity contribution >= 4 is 37.5 Å². The van der Waals surface area contributed by atoms with Crippen molar-refractivity contribution in [1.29, 1.82) is 0 Å². The van der Waals surface area contributed by atoms with E-state index in [1.54, 1.807) is 18.7 Å². The first-order chi connectivity index (χ1) is 12.9. The molecule has 11 heteroatoms. The van der Waals surface area contributed by atoms with Gasteiger partial charge in [0.25, 0.3) is 0 Å². The summed E-state index contributed by atoms with van der Waals surface area (Å²) in [5.41, 5.74) is 0.913. The summed E-state index contributed by atoms with van der Waals surface area (Å²) in [6.07, 6.45) is -0.0824. The Balaban J connectivity index is 1.95. The highest BCUT2D eigenvalue weighted by atomic mass is 32.2.